The summed E-state index contributed by atoms with van der Waals surface area (Å²) >= 11 is 0. The summed E-state index contributed by atoms with van der Waals surface area (Å²) in [6.07, 6.45) is 8.99. The number of benzene rings is 1. The lowest BCUT2D eigenvalue weighted by Crippen LogP contribution is -2.52. The molecule has 1 amide bonds. The number of fused-ring (bicyclic) bond motifs is 2. The van der Waals surface area contributed by atoms with Crippen LogP contribution in [0.4, 0.5) is 0 Å². The Balaban J connectivity index is 1.41. The highest BCUT2D eigenvalue weighted by molar-refractivity contribution is 5.86. The lowest BCUT2D eigenvalue weighted by atomic mass is 9.83. The smallest absolute Gasteiger partial charge is 0.224 e. The number of aromatic nitrogens is 1. The van der Waals surface area contributed by atoms with Crippen LogP contribution in [0, 0.1) is 5.92 Å². The molecule has 0 N–H and O–H groups in total. The monoisotopic (exact) mass is 427 g/mol. The average Bonchev–Trinajstić information content (AvgIpc) is 3.23. The van der Waals surface area contributed by atoms with Gasteiger partial charge < -0.3 is 23.8 Å². The maximum Gasteiger partial charge on any atom is 0.224 e. The molecule has 0 saturated carbocycles. The van der Waals surface area contributed by atoms with E-state index in [9.17, 15) is 4.79 Å². The van der Waals surface area contributed by atoms with Gasteiger partial charge in [0.25, 0.3) is 0 Å². The van der Waals surface area contributed by atoms with Crippen LogP contribution in [0.25, 0.3) is 10.9 Å². The summed E-state index contributed by atoms with van der Waals surface area (Å²) in [5.41, 5.74) is 1.11. The summed E-state index contributed by atoms with van der Waals surface area (Å²) in [5.74, 6) is 1.69. The van der Waals surface area contributed by atoms with E-state index in [1.165, 1.54) is 45.2 Å². The molecule has 4 rings (SSSR count). The number of methoxy groups -OCH3 is 2. The number of rotatable bonds is 9. The average molecular weight is 428 g/mol. The minimum absolute atomic E-state index is 0.231. The van der Waals surface area contributed by atoms with Crippen molar-refractivity contribution in [3.63, 3.8) is 0 Å². The number of aryl methyl sites for hydroxylation is 1. The molecule has 0 spiro atoms. The van der Waals surface area contributed by atoms with E-state index < -0.39 is 0 Å². The molecule has 2 atom stereocenters. The fraction of sp³-hybridized carbons (Fsp3) is 0.640. The number of piperidine rings is 2. The van der Waals surface area contributed by atoms with Crippen molar-refractivity contribution in [2.45, 2.75) is 51.1 Å². The highest BCUT2D eigenvalue weighted by Crippen LogP contribution is 2.31. The first-order valence-corrected chi connectivity index (χ1v) is 11.8. The van der Waals surface area contributed by atoms with E-state index >= 15 is 0 Å². The normalized spacial score (nSPS) is 21.7. The third-order valence-electron chi connectivity index (χ3n) is 7.16. The molecule has 2 fully saturated rings. The SMILES string of the molecule is COCCN(CC1CCCN2CCCCC12)C(=O)CCn1ccc2c(OC)cccc21. The molecule has 6 nitrogen and oxygen atoms in total. The van der Waals surface area contributed by atoms with Crippen LogP contribution in [0.1, 0.15) is 38.5 Å². The van der Waals surface area contributed by atoms with Crippen molar-refractivity contribution in [2.24, 2.45) is 5.92 Å². The Kier molecular flexibility index (Phi) is 7.51. The molecule has 0 aliphatic carbocycles. The summed E-state index contributed by atoms with van der Waals surface area (Å²) < 4.78 is 13.0. The Morgan fingerprint density at radius 2 is 2.00 bits per heavy atom. The fourth-order valence-corrected chi connectivity index (χ4v) is 5.53. The molecule has 0 bridgehead atoms. The van der Waals surface area contributed by atoms with Crippen LogP contribution in [0.3, 0.4) is 0 Å². The maximum atomic E-state index is 13.3. The summed E-state index contributed by atoms with van der Waals surface area (Å²) in [6, 6.07) is 8.79. The van der Waals surface area contributed by atoms with Gasteiger partial charge in [-0.1, -0.05) is 12.5 Å². The second-order valence-electron chi connectivity index (χ2n) is 8.99. The van der Waals surface area contributed by atoms with Crippen LogP contribution in [0.15, 0.2) is 30.5 Å². The Hall–Kier alpha value is -2.05. The van der Waals surface area contributed by atoms with Crippen molar-refractivity contribution in [2.75, 3.05) is 47.0 Å². The Bertz CT molecular complexity index is 863. The van der Waals surface area contributed by atoms with E-state index in [4.69, 9.17) is 9.47 Å². The highest BCUT2D eigenvalue weighted by atomic mass is 16.5. The molecular weight excluding hydrogens is 390 g/mol. The van der Waals surface area contributed by atoms with Crippen LogP contribution in [0.2, 0.25) is 0 Å². The van der Waals surface area contributed by atoms with Gasteiger partial charge in [-0.2, -0.15) is 0 Å². The molecular formula is C25H37N3O3. The predicted molar refractivity (Wildman–Crippen MR) is 123 cm³/mol. The van der Waals surface area contributed by atoms with Crippen LogP contribution < -0.4 is 4.74 Å². The molecule has 2 unspecified atom stereocenters. The lowest BCUT2D eigenvalue weighted by Gasteiger charge is -2.45. The zero-order chi connectivity index (χ0) is 21.6. The molecule has 2 aromatic rings. The van der Waals surface area contributed by atoms with Crippen molar-refractivity contribution < 1.29 is 14.3 Å². The maximum absolute atomic E-state index is 13.3. The third-order valence-corrected chi connectivity index (χ3v) is 7.16. The summed E-state index contributed by atoms with van der Waals surface area (Å²) in [4.78, 5) is 18.0. The number of carbonyl (C=O) groups excluding carboxylic acids is 1. The molecule has 170 valence electrons. The van der Waals surface area contributed by atoms with Gasteiger partial charge in [0.2, 0.25) is 5.91 Å². The van der Waals surface area contributed by atoms with Gasteiger partial charge in [0.1, 0.15) is 5.75 Å². The first-order valence-electron chi connectivity index (χ1n) is 11.8. The van der Waals surface area contributed by atoms with Crippen molar-refractivity contribution in [3.8, 4) is 5.75 Å². The lowest BCUT2D eigenvalue weighted by molar-refractivity contribution is -0.133. The zero-order valence-electron chi connectivity index (χ0n) is 19.1. The van der Waals surface area contributed by atoms with Crippen LogP contribution in [-0.2, 0) is 16.1 Å². The van der Waals surface area contributed by atoms with E-state index in [0.29, 0.717) is 38.1 Å². The minimum atomic E-state index is 0.231. The quantitative estimate of drug-likeness (QED) is 0.611. The Labute approximate surface area is 186 Å². The van der Waals surface area contributed by atoms with Gasteiger partial charge in [0.15, 0.2) is 0 Å². The van der Waals surface area contributed by atoms with Crippen molar-refractivity contribution in [3.05, 3.63) is 30.5 Å². The number of hydrogen-bond donors (Lipinski definition) is 0. The van der Waals surface area contributed by atoms with Gasteiger partial charge in [-0.25, -0.2) is 0 Å². The third kappa shape index (κ3) is 5.07. The summed E-state index contributed by atoms with van der Waals surface area (Å²) in [7, 11) is 3.41. The predicted octanol–water partition coefficient (Wildman–Crippen LogP) is 3.78. The second kappa shape index (κ2) is 10.5. The van der Waals surface area contributed by atoms with E-state index in [1.807, 2.05) is 12.1 Å². The van der Waals surface area contributed by atoms with Crippen molar-refractivity contribution in [1.82, 2.24) is 14.4 Å². The molecule has 3 heterocycles. The van der Waals surface area contributed by atoms with Crippen LogP contribution in [-0.4, -0.2) is 73.3 Å². The van der Waals surface area contributed by atoms with Gasteiger partial charge in [0, 0.05) is 50.8 Å². The first kappa shape index (κ1) is 22.2. The van der Waals surface area contributed by atoms with E-state index in [2.05, 4.69) is 32.7 Å². The summed E-state index contributed by atoms with van der Waals surface area (Å²) in [5, 5.41) is 1.09. The van der Waals surface area contributed by atoms with Gasteiger partial charge in [-0.15, -0.1) is 0 Å². The molecule has 0 radical (unpaired) electrons. The number of hydrogen-bond acceptors (Lipinski definition) is 4. The van der Waals surface area contributed by atoms with E-state index in [0.717, 1.165) is 23.2 Å². The second-order valence-corrected chi connectivity index (χ2v) is 8.99. The molecule has 2 aliphatic rings. The number of nitrogens with zero attached hydrogens (tertiary/aromatic N) is 3. The van der Waals surface area contributed by atoms with Gasteiger partial charge >= 0.3 is 0 Å². The molecule has 6 heteroatoms. The first-order chi connectivity index (χ1) is 15.2. The topological polar surface area (TPSA) is 46.9 Å². The van der Waals surface area contributed by atoms with Gasteiger partial charge in [-0.3, -0.25) is 4.79 Å². The Morgan fingerprint density at radius 1 is 1.13 bits per heavy atom. The van der Waals surface area contributed by atoms with E-state index in [-0.39, 0.29) is 5.91 Å². The standard InChI is InChI=1S/C25H37N3O3/c1-30-18-17-28(19-20-7-6-14-26-13-4-3-8-22(20)26)25(29)12-16-27-15-11-21-23(27)9-5-10-24(21)31-2/h5,9-11,15,20,22H,3-4,6-8,12-14,16-19H2,1-2H3. The molecule has 2 saturated heterocycles. The van der Waals surface area contributed by atoms with Crippen LogP contribution in [0.5, 0.6) is 5.75 Å². The van der Waals surface area contributed by atoms with Crippen molar-refractivity contribution >= 4 is 16.8 Å². The molecule has 1 aromatic heterocycles. The van der Waals surface area contributed by atoms with E-state index in [1.54, 1.807) is 14.2 Å². The fourth-order valence-electron chi connectivity index (χ4n) is 5.53. The molecule has 1 aromatic carbocycles. The highest BCUT2D eigenvalue weighted by Gasteiger charge is 2.34. The summed E-state index contributed by atoms with van der Waals surface area (Å²) in [6.45, 7) is 5.28. The Morgan fingerprint density at radius 3 is 2.84 bits per heavy atom. The largest absolute Gasteiger partial charge is 0.496 e. The number of ether oxygens (including phenoxy) is 2. The number of carbonyl (C=O) groups is 1. The van der Waals surface area contributed by atoms with Gasteiger partial charge in [0.05, 0.1) is 19.2 Å². The van der Waals surface area contributed by atoms with Crippen molar-refractivity contribution in [1.29, 1.82) is 0 Å². The molecule has 2 aliphatic heterocycles. The minimum Gasteiger partial charge on any atom is -0.496 e. The zero-order valence-corrected chi connectivity index (χ0v) is 19.1. The molecule has 31 heavy (non-hydrogen) atoms. The van der Waals surface area contributed by atoms with Gasteiger partial charge in [-0.05, 0) is 62.9 Å². The van der Waals surface area contributed by atoms with Crippen LogP contribution >= 0.6 is 0 Å². The number of amides is 1.